The smallest absolute Gasteiger partial charge is 0.0413 e. The molecule has 0 fully saturated rings. The fraction of sp³-hybridized carbons (Fsp3) is 0.154. The molecule has 3 heteroatoms. The van der Waals surface area contributed by atoms with E-state index < -0.39 is 0 Å². The number of pyridine rings is 1. The molecule has 0 amide bonds. The number of rotatable bonds is 3. The van der Waals surface area contributed by atoms with Gasteiger partial charge in [0.1, 0.15) is 0 Å². The van der Waals surface area contributed by atoms with Crippen LogP contribution >= 0.6 is 27.5 Å². The van der Waals surface area contributed by atoms with Crippen LogP contribution in [-0.4, -0.2) is 4.98 Å². The van der Waals surface area contributed by atoms with Gasteiger partial charge in [-0.2, -0.15) is 0 Å². The Morgan fingerprint density at radius 3 is 2.38 bits per heavy atom. The second kappa shape index (κ2) is 5.46. The molecule has 0 N–H and O–H groups in total. The van der Waals surface area contributed by atoms with Gasteiger partial charge in [0, 0.05) is 21.4 Å². The molecule has 2 aromatic rings. The van der Waals surface area contributed by atoms with Crippen LogP contribution in [0, 0.1) is 0 Å². The summed E-state index contributed by atoms with van der Waals surface area (Å²) < 4.78 is 1.02. The number of nitrogens with zero attached hydrogens (tertiary/aromatic N) is 1. The first kappa shape index (κ1) is 11.6. The lowest BCUT2D eigenvalue weighted by molar-refractivity contribution is 0.912. The summed E-state index contributed by atoms with van der Waals surface area (Å²) in [5.41, 5.74) is 2.40. The van der Waals surface area contributed by atoms with Crippen LogP contribution in [0.3, 0.4) is 0 Å². The first-order valence-corrected chi connectivity index (χ1v) is 6.26. The van der Waals surface area contributed by atoms with Gasteiger partial charge in [-0.05, 0) is 58.6 Å². The molecule has 1 nitrogen and oxygen atoms in total. The SMILES string of the molecule is Clc1ccc(CCc2ccc(Br)cn2)cc1. The van der Waals surface area contributed by atoms with Crippen LogP contribution in [0.5, 0.6) is 0 Å². The summed E-state index contributed by atoms with van der Waals surface area (Å²) in [6.45, 7) is 0. The van der Waals surface area contributed by atoms with E-state index in [1.807, 2.05) is 30.5 Å². The van der Waals surface area contributed by atoms with E-state index in [-0.39, 0.29) is 0 Å². The monoisotopic (exact) mass is 295 g/mol. The number of aromatic nitrogens is 1. The van der Waals surface area contributed by atoms with Crippen molar-refractivity contribution in [2.24, 2.45) is 0 Å². The summed E-state index contributed by atoms with van der Waals surface area (Å²) in [6.07, 6.45) is 3.78. The van der Waals surface area contributed by atoms with E-state index in [0.29, 0.717) is 0 Å². The third-order valence-corrected chi connectivity index (χ3v) is 3.09. The highest BCUT2D eigenvalue weighted by Gasteiger charge is 1.97. The normalized spacial score (nSPS) is 10.4. The van der Waals surface area contributed by atoms with Gasteiger partial charge >= 0.3 is 0 Å². The molecule has 16 heavy (non-hydrogen) atoms. The Morgan fingerprint density at radius 2 is 1.75 bits per heavy atom. The van der Waals surface area contributed by atoms with Crippen molar-refractivity contribution >= 4 is 27.5 Å². The average molecular weight is 297 g/mol. The second-order valence-corrected chi connectivity index (χ2v) is 4.95. The molecule has 1 aromatic heterocycles. The molecule has 82 valence electrons. The predicted molar refractivity (Wildman–Crippen MR) is 70.8 cm³/mol. The van der Waals surface area contributed by atoms with E-state index in [1.165, 1.54) is 5.56 Å². The topological polar surface area (TPSA) is 12.9 Å². The lowest BCUT2D eigenvalue weighted by Crippen LogP contribution is -1.93. The second-order valence-electron chi connectivity index (χ2n) is 3.59. The van der Waals surface area contributed by atoms with Crippen LogP contribution in [0.1, 0.15) is 11.3 Å². The Labute approximate surface area is 109 Å². The highest BCUT2D eigenvalue weighted by molar-refractivity contribution is 9.10. The summed E-state index contributed by atoms with van der Waals surface area (Å²) >= 11 is 9.20. The predicted octanol–water partition coefficient (Wildman–Crippen LogP) is 4.28. The number of aryl methyl sites for hydroxylation is 2. The van der Waals surface area contributed by atoms with Crippen LogP contribution < -0.4 is 0 Å². The molecule has 0 atom stereocenters. The molecule has 1 heterocycles. The van der Waals surface area contributed by atoms with Crippen molar-refractivity contribution in [3.63, 3.8) is 0 Å². The zero-order chi connectivity index (χ0) is 11.4. The molecule has 0 unspecified atom stereocenters. The maximum Gasteiger partial charge on any atom is 0.0413 e. The summed E-state index contributed by atoms with van der Waals surface area (Å²) in [5, 5.41) is 0.783. The first-order valence-electron chi connectivity index (χ1n) is 5.09. The zero-order valence-corrected chi connectivity index (χ0v) is 11.0. The van der Waals surface area contributed by atoms with Crippen LogP contribution in [0.4, 0.5) is 0 Å². The molecular weight excluding hydrogens is 286 g/mol. The fourth-order valence-corrected chi connectivity index (χ4v) is 1.84. The molecular formula is C13H11BrClN. The lowest BCUT2D eigenvalue weighted by atomic mass is 10.1. The number of hydrogen-bond acceptors (Lipinski definition) is 1. The van der Waals surface area contributed by atoms with Gasteiger partial charge < -0.3 is 0 Å². The first-order chi connectivity index (χ1) is 7.74. The molecule has 0 saturated carbocycles. The molecule has 1 aromatic carbocycles. The van der Waals surface area contributed by atoms with Crippen molar-refractivity contribution in [2.45, 2.75) is 12.8 Å². The van der Waals surface area contributed by atoms with Crippen LogP contribution in [0.15, 0.2) is 47.1 Å². The third-order valence-electron chi connectivity index (χ3n) is 2.37. The van der Waals surface area contributed by atoms with Crippen LogP contribution in [-0.2, 0) is 12.8 Å². The minimum absolute atomic E-state index is 0.783. The number of hydrogen-bond donors (Lipinski definition) is 0. The van der Waals surface area contributed by atoms with E-state index in [9.17, 15) is 0 Å². The number of benzene rings is 1. The van der Waals surface area contributed by atoms with E-state index >= 15 is 0 Å². The van der Waals surface area contributed by atoms with Gasteiger partial charge in [0.05, 0.1) is 0 Å². The molecule has 0 spiro atoms. The fourth-order valence-electron chi connectivity index (χ4n) is 1.48. The van der Waals surface area contributed by atoms with Gasteiger partial charge in [0.25, 0.3) is 0 Å². The average Bonchev–Trinajstić information content (AvgIpc) is 2.30. The van der Waals surface area contributed by atoms with Crippen molar-refractivity contribution in [1.82, 2.24) is 4.98 Å². The Kier molecular flexibility index (Phi) is 3.97. The van der Waals surface area contributed by atoms with Crippen molar-refractivity contribution in [3.05, 3.63) is 63.3 Å². The Morgan fingerprint density at radius 1 is 1.00 bits per heavy atom. The maximum atomic E-state index is 5.83. The maximum absolute atomic E-state index is 5.83. The lowest BCUT2D eigenvalue weighted by Gasteiger charge is -2.01. The van der Waals surface area contributed by atoms with Crippen LogP contribution in [0.2, 0.25) is 5.02 Å². The quantitative estimate of drug-likeness (QED) is 0.823. The van der Waals surface area contributed by atoms with Gasteiger partial charge in [-0.15, -0.1) is 0 Å². The Balaban J connectivity index is 1.97. The summed E-state index contributed by atoms with van der Waals surface area (Å²) in [5.74, 6) is 0. The van der Waals surface area contributed by atoms with Gasteiger partial charge in [-0.1, -0.05) is 23.7 Å². The van der Waals surface area contributed by atoms with Gasteiger partial charge in [0.15, 0.2) is 0 Å². The van der Waals surface area contributed by atoms with E-state index in [0.717, 1.165) is 28.0 Å². The summed E-state index contributed by atoms with van der Waals surface area (Å²) in [7, 11) is 0. The summed E-state index contributed by atoms with van der Waals surface area (Å²) in [4.78, 5) is 4.34. The molecule has 0 aliphatic rings. The van der Waals surface area contributed by atoms with Gasteiger partial charge in [-0.25, -0.2) is 0 Å². The molecule has 0 saturated heterocycles. The largest absolute Gasteiger partial charge is 0.260 e. The Bertz CT molecular complexity index is 405. The van der Waals surface area contributed by atoms with Crippen molar-refractivity contribution < 1.29 is 0 Å². The van der Waals surface area contributed by atoms with Crippen LogP contribution in [0.25, 0.3) is 0 Å². The minimum atomic E-state index is 0.783. The zero-order valence-electron chi connectivity index (χ0n) is 8.66. The van der Waals surface area contributed by atoms with E-state index in [4.69, 9.17) is 11.6 Å². The molecule has 0 aliphatic heterocycles. The van der Waals surface area contributed by atoms with Gasteiger partial charge in [0.2, 0.25) is 0 Å². The minimum Gasteiger partial charge on any atom is -0.260 e. The summed E-state index contributed by atoms with van der Waals surface area (Å²) in [6, 6.07) is 12.0. The van der Waals surface area contributed by atoms with Crippen molar-refractivity contribution in [1.29, 1.82) is 0 Å². The van der Waals surface area contributed by atoms with E-state index in [1.54, 1.807) is 0 Å². The van der Waals surface area contributed by atoms with Crippen molar-refractivity contribution in [3.8, 4) is 0 Å². The van der Waals surface area contributed by atoms with Gasteiger partial charge in [-0.3, -0.25) is 4.98 Å². The molecule has 2 rings (SSSR count). The highest BCUT2D eigenvalue weighted by atomic mass is 79.9. The third kappa shape index (κ3) is 3.32. The van der Waals surface area contributed by atoms with E-state index in [2.05, 4.69) is 33.0 Å². The van der Waals surface area contributed by atoms with Crippen molar-refractivity contribution in [2.75, 3.05) is 0 Å². The number of halogens is 2. The highest BCUT2D eigenvalue weighted by Crippen LogP contribution is 2.12. The molecule has 0 radical (unpaired) electrons. The molecule has 0 aliphatic carbocycles. The Hall–Kier alpha value is -0.860. The molecule has 0 bridgehead atoms. The standard InChI is InChI=1S/C13H11BrClN/c14-11-4-8-13(16-9-11)7-3-10-1-5-12(15)6-2-10/h1-2,4-6,8-9H,3,7H2.